The van der Waals surface area contributed by atoms with Crippen molar-refractivity contribution >= 4 is 28.0 Å². The van der Waals surface area contributed by atoms with Gasteiger partial charge in [-0.15, -0.1) is 0 Å². The smallest absolute Gasteiger partial charge is 0.296 e. The number of aryl methyl sites for hydroxylation is 1. The maximum absolute atomic E-state index is 12.3. The Labute approximate surface area is 127 Å². The van der Waals surface area contributed by atoms with Crippen LogP contribution in [0.15, 0.2) is 27.4 Å². The minimum Gasteiger partial charge on any atom is -0.449 e. The zero-order valence-corrected chi connectivity index (χ0v) is 12.7. The van der Waals surface area contributed by atoms with E-state index in [1.165, 1.54) is 0 Å². The van der Waals surface area contributed by atoms with Gasteiger partial charge in [-0.1, -0.05) is 11.6 Å². The lowest BCUT2D eigenvalue weighted by molar-refractivity contribution is 0.311. The summed E-state index contributed by atoms with van der Waals surface area (Å²) >= 11 is 0. The predicted octanol–water partition coefficient (Wildman–Crippen LogP) is 1.73. The molecule has 1 aromatic carbocycles. The van der Waals surface area contributed by atoms with Gasteiger partial charge in [0.15, 0.2) is 0 Å². The molecule has 3 heterocycles. The first-order valence-electron chi connectivity index (χ1n) is 7.48. The third-order valence-electron chi connectivity index (χ3n) is 4.27. The van der Waals surface area contributed by atoms with Gasteiger partial charge in [-0.2, -0.15) is 0 Å². The van der Waals surface area contributed by atoms with Crippen molar-refractivity contribution in [3.63, 3.8) is 0 Å². The molecule has 0 atom stereocenters. The van der Waals surface area contributed by atoms with Crippen LogP contribution < -0.4 is 10.5 Å². The van der Waals surface area contributed by atoms with E-state index in [1.54, 1.807) is 0 Å². The van der Waals surface area contributed by atoms with E-state index in [0.717, 1.165) is 37.1 Å². The lowest BCUT2D eigenvalue weighted by Gasteiger charge is -2.32. The Morgan fingerprint density at radius 2 is 2.00 bits per heavy atom. The van der Waals surface area contributed by atoms with Gasteiger partial charge in [-0.05, 0) is 26.1 Å². The van der Waals surface area contributed by atoms with Gasteiger partial charge in [0.2, 0.25) is 11.5 Å². The fraction of sp³-hybridized carbons (Fsp3) is 0.375. The molecule has 3 aromatic rings. The lowest BCUT2D eigenvalue weighted by atomic mass is 10.2. The molecule has 22 heavy (non-hydrogen) atoms. The number of hydrogen-bond donors (Lipinski definition) is 1. The molecule has 0 saturated carbocycles. The molecule has 1 fully saturated rings. The highest BCUT2D eigenvalue weighted by molar-refractivity contribution is 6.02. The summed E-state index contributed by atoms with van der Waals surface area (Å²) < 4.78 is 5.66. The molecule has 0 aliphatic carbocycles. The maximum atomic E-state index is 12.3. The number of rotatable bonds is 1. The molecule has 114 valence electrons. The number of aromatic nitrogens is 2. The fourth-order valence-corrected chi connectivity index (χ4v) is 2.92. The largest absolute Gasteiger partial charge is 0.449 e. The Morgan fingerprint density at radius 3 is 2.77 bits per heavy atom. The number of fused-ring (bicyclic) bond motifs is 3. The van der Waals surface area contributed by atoms with Gasteiger partial charge < -0.3 is 14.2 Å². The molecule has 0 unspecified atom stereocenters. The summed E-state index contributed by atoms with van der Waals surface area (Å²) in [7, 11) is 2.10. The zero-order chi connectivity index (χ0) is 15.3. The molecule has 0 spiro atoms. The number of hydrogen-bond acceptors (Lipinski definition) is 5. The lowest BCUT2D eigenvalue weighted by Crippen LogP contribution is -2.45. The Morgan fingerprint density at radius 1 is 1.23 bits per heavy atom. The molecule has 0 amide bonds. The van der Waals surface area contributed by atoms with Crippen LogP contribution in [-0.2, 0) is 0 Å². The molecule has 6 heteroatoms. The monoisotopic (exact) mass is 298 g/mol. The second-order valence-electron chi connectivity index (χ2n) is 5.96. The van der Waals surface area contributed by atoms with E-state index < -0.39 is 0 Å². The fourth-order valence-electron chi connectivity index (χ4n) is 2.92. The Kier molecular flexibility index (Phi) is 2.94. The maximum Gasteiger partial charge on any atom is 0.296 e. The summed E-state index contributed by atoms with van der Waals surface area (Å²) in [6, 6.07) is 5.88. The molecule has 1 saturated heterocycles. The normalized spacial score (nSPS) is 16.7. The minimum absolute atomic E-state index is 0.215. The van der Waals surface area contributed by atoms with Crippen LogP contribution in [0.5, 0.6) is 0 Å². The van der Waals surface area contributed by atoms with Crippen molar-refractivity contribution in [1.29, 1.82) is 0 Å². The van der Waals surface area contributed by atoms with Crippen LogP contribution in [0.1, 0.15) is 5.56 Å². The van der Waals surface area contributed by atoms with Gasteiger partial charge in [-0.3, -0.25) is 9.78 Å². The second kappa shape index (κ2) is 4.84. The van der Waals surface area contributed by atoms with Crippen molar-refractivity contribution in [2.45, 2.75) is 6.92 Å². The van der Waals surface area contributed by atoms with Crippen molar-refractivity contribution in [3.05, 3.63) is 34.1 Å². The van der Waals surface area contributed by atoms with Crippen LogP contribution in [0.3, 0.4) is 0 Å². The summed E-state index contributed by atoms with van der Waals surface area (Å²) in [6.45, 7) is 5.67. The van der Waals surface area contributed by atoms with Gasteiger partial charge in [0, 0.05) is 31.6 Å². The van der Waals surface area contributed by atoms with Crippen LogP contribution in [-0.4, -0.2) is 48.1 Å². The molecule has 4 rings (SSSR count). The van der Waals surface area contributed by atoms with E-state index in [9.17, 15) is 4.79 Å². The van der Waals surface area contributed by atoms with Crippen LogP contribution in [0.4, 0.5) is 5.95 Å². The first-order valence-corrected chi connectivity index (χ1v) is 7.48. The average Bonchev–Trinajstić information content (AvgIpc) is 2.87. The third kappa shape index (κ3) is 2.07. The third-order valence-corrected chi connectivity index (χ3v) is 4.27. The Bertz CT molecular complexity index is 904. The first kappa shape index (κ1) is 13.3. The van der Waals surface area contributed by atoms with E-state index >= 15 is 0 Å². The summed E-state index contributed by atoms with van der Waals surface area (Å²) in [5.74, 6) is 0.634. The van der Waals surface area contributed by atoms with Crippen molar-refractivity contribution in [1.82, 2.24) is 14.9 Å². The van der Waals surface area contributed by atoms with Gasteiger partial charge in [0.25, 0.3) is 5.56 Å². The predicted molar refractivity (Wildman–Crippen MR) is 86.6 cm³/mol. The van der Waals surface area contributed by atoms with Crippen LogP contribution >= 0.6 is 0 Å². The van der Waals surface area contributed by atoms with Crippen LogP contribution in [0, 0.1) is 6.92 Å². The minimum atomic E-state index is -0.215. The van der Waals surface area contributed by atoms with Gasteiger partial charge >= 0.3 is 0 Å². The van der Waals surface area contributed by atoms with Gasteiger partial charge in [0.1, 0.15) is 11.1 Å². The second-order valence-corrected chi connectivity index (χ2v) is 5.96. The Balaban J connectivity index is 1.89. The van der Waals surface area contributed by atoms with Crippen molar-refractivity contribution in [3.8, 4) is 0 Å². The number of anilines is 1. The number of nitrogens with one attached hydrogen (secondary N) is 1. The van der Waals surface area contributed by atoms with Crippen molar-refractivity contribution < 1.29 is 4.42 Å². The number of H-pyrrole nitrogens is 1. The van der Waals surface area contributed by atoms with Gasteiger partial charge in [-0.25, -0.2) is 4.98 Å². The molecular formula is C16H18N4O2. The van der Waals surface area contributed by atoms with E-state index in [2.05, 4.69) is 26.8 Å². The van der Waals surface area contributed by atoms with Gasteiger partial charge in [0.05, 0.1) is 0 Å². The van der Waals surface area contributed by atoms with E-state index in [0.29, 0.717) is 22.6 Å². The molecule has 0 radical (unpaired) electrons. The number of furan rings is 1. The van der Waals surface area contributed by atoms with Crippen molar-refractivity contribution in [2.75, 3.05) is 38.1 Å². The average molecular weight is 298 g/mol. The first-order chi connectivity index (χ1) is 10.6. The summed E-state index contributed by atoms with van der Waals surface area (Å²) in [5.41, 5.74) is 2.56. The molecule has 1 N–H and O–H groups in total. The molecule has 1 aliphatic heterocycles. The quantitative estimate of drug-likeness (QED) is 0.741. The number of likely N-dealkylation sites (N-methyl/N-ethyl adjacent to an activating group) is 1. The highest BCUT2D eigenvalue weighted by atomic mass is 16.3. The summed E-state index contributed by atoms with van der Waals surface area (Å²) in [6.07, 6.45) is 0. The number of piperazine rings is 1. The zero-order valence-electron chi connectivity index (χ0n) is 12.7. The molecule has 6 nitrogen and oxygen atoms in total. The number of aromatic amines is 1. The Hall–Kier alpha value is -2.34. The molecular weight excluding hydrogens is 280 g/mol. The molecule has 2 aromatic heterocycles. The van der Waals surface area contributed by atoms with Crippen molar-refractivity contribution in [2.24, 2.45) is 0 Å². The summed E-state index contributed by atoms with van der Waals surface area (Å²) in [5, 5.41) is 0.900. The number of benzene rings is 1. The summed E-state index contributed by atoms with van der Waals surface area (Å²) in [4.78, 5) is 24.3. The van der Waals surface area contributed by atoms with E-state index in [1.807, 2.05) is 25.1 Å². The molecule has 1 aliphatic rings. The number of nitrogens with zero attached hydrogens (tertiary/aromatic N) is 3. The highest BCUT2D eigenvalue weighted by Gasteiger charge is 2.19. The van der Waals surface area contributed by atoms with Crippen LogP contribution in [0.2, 0.25) is 0 Å². The SMILES string of the molecule is Cc1ccc2oc3c(=O)[nH]c(N4CCN(C)CC4)nc3c2c1. The van der Waals surface area contributed by atoms with E-state index in [4.69, 9.17) is 4.42 Å². The van der Waals surface area contributed by atoms with E-state index in [-0.39, 0.29) is 5.56 Å². The topological polar surface area (TPSA) is 65.4 Å². The van der Waals surface area contributed by atoms with Crippen LogP contribution in [0.25, 0.3) is 22.1 Å². The standard InChI is InChI=1S/C16H18N4O2/c1-10-3-4-12-11(9-10)13-14(22-12)15(21)18-16(17-13)20-7-5-19(2)6-8-20/h3-4,9H,5-8H2,1-2H3,(H,17,18,21). The highest BCUT2D eigenvalue weighted by Crippen LogP contribution is 2.27. The molecule has 0 bridgehead atoms.